The van der Waals surface area contributed by atoms with Crippen LogP contribution >= 0.6 is 0 Å². The molecule has 0 aliphatic rings. The number of nitrogens with zero attached hydrogens (tertiary/aromatic N) is 3. The fourth-order valence-corrected chi connectivity index (χ4v) is 2.00. The molecule has 0 spiro atoms. The Balaban J connectivity index is 1.72. The highest BCUT2D eigenvalue weighted by molar-refractivity contribution is 5.57. The Hall–Kier alpha value is -2.89. The van der Waals surface area contributed by atoms with Gasteiger partial charge in [-0.3, -0.25) is 0 Å². The lowest BCUT2D eigenvalue weighted by molar-refractivity contribution is 0.400. The van der Waals surface area contributed by atoms with E-state index in [1.165, 1.54) is 5.56 Å². The highest BCUT2D eigenvalue weighted by Gasteiger charge is 2.04. The van der Waals surface area contributed by atoms with E-state index in [0.717, 1.165) is 17.9 Å². The molecule has 0 amide bonds. The van der Waals surface area contributed by atoms with E-state index in [2.05, 4.69) is 44.8 Å². The molecule has 1 aromatic carbocycles. The third kappa shape index (κ3) is 3.41. The summed E-state index contributed by atoms with van der Waals surface area (Å²) in [5.41, 5.74) is 2.25. The molecule has 0 radical (unpaired) electrons. The highest BCUT2D eigenvalue weighted by Crippen LogP contribution is 2.18. The van der Waals surface area contributed by atoms with Gasteiger partial charge >= 0.3 is 0 Å². The number of benzene rings is 1. The van der Waals surface area contributed by atoms with Crippen LogP contribution in [0.25, 0.3) is 0 Å². The fourth-order valence-electron chi connectivity index (χ4n) is 2.00. The zero-order valence-corrected chi connectivity index (χ0v) is 12.5. The molecule has 0 unspecified atom stereocenters. The fraction of sp³-hybridized carbons (Fsp3) is 0.188. The number of aryl methyl sites for hydroxylation is 2. The van der Waals surface area contributed by atoms with Crippen LogP contribution in [0.1, 0.15) is 18.2 Å². The minimum absolute atomic E-state index is 0.523. The Labute approximate surface area is 128 Å². The van der Waals surface area contributed by atoms with Crippen LogP contribution in [0, 0.1) is 6.92 Å². The third-order valence-electron chi connectivity index (χ3n) is 3.16. The summed E-state index contributed by atoms with van der Waals surface area (Å²) in [5, 5.41) is 10.1. The molecule has 0 fully saturated rings. The van der Waals surface area contributed by atoms with Crippen molar-refractivity contribution in [2.45, 2.75) is 20.3 Å². The van der Waals surface area contributed by atoms with Crippen molar-refractivity contribution in [2.24, 2.45) is 0 Å². The molecule has 2 aromatic heterocycles. The Morgan fingerprint density at radius 3 is 2.55 bits per heavy atom. The molecule has 0 aliphatic heterocycles. The van der Waals surface area contributed by atoms with Crippen LogP contribution in [0.4, 0.5) is 23.3 Å². The SMILES string of the molecule is CCc1ccc(Nc2nccc(Nc3cc(C)on3)n2)cc1. The summed E-state index contributed by atoms with van der Waals surface area (Å²) in [6.45, 7) is 3.97. The van der Waals surface area contributed by atoms with Crippen molar-refractivity contribution < 1.29 is 4.52 Å². The quantitative estimate of drug-likeness (QED) is 0.745. The molecule has 0 aliphatic carbocycles. The molecular weight excluding hydrogens is 278 g/mol. The average Bonchev–Trinajstić information content (AvgIpc) is 2.93. The van der Waals surface area contributed by atoms with Crippen molar-refractivity contribution in [1.29, 1.82) is 0 Å². The van der Waals surface area contributed by atoms with Gasteiger partial charge < -0.3 is 15.2 Å². The molecule has 6 nitrogen and oxygen atoms in total. The average molecular weight is 295 g/mol. The van der Waals surface area contributed by atoms with Gasteiger partial charge in [-0.15, -0.1) is 0 Å². The van der Waals surface area contributed by atoms with Crippen molar-refractivity contribution in [3.63, 3.8) is 0 Å². The Kier molecular flexibility index (Phi) is 4.00. The molecule has 2 heterocycles. The van der Waals surface area contributed by atoms with E-state index < -0.39 is 0 Å². The minimum atomic E-state index is 0.523. The molecule has 2 N–H and O–H groups in total. The molecule has 3 rings (SSSR count). The van der Waals surface area contributed by atoms with Crippen molar-refractivity contribution in [3.05, 3.63) is 53.9 Å². The minimum Gasteiger partial charge on any atom is -0.360 e. The first-order valence-electron chi connectivity index (χ1n) is 7.12. The van der Waals surface area contributed by atoms with Crippen molar-refractivity contribution >= 4 is 23.3 Å². The summed E-state index contributed by atoms with van der Waals surface area (Å²) in [6.07, 6.45) is 2.71. The highest BCUT2D eigenvalue weighted by atomic mass is 16.5. The van der Waals surface area contributed by atoms with Gasteiger partial charge in [0.05, 0.1) is 0 Å². The second kappa shape index (κ2) is 6.26. The van der Waals surface area contributed by atoms with Crippen LogP contribution < -0.4 is 10.6 Å². The van der Waals surface area contributed by atoms with Crippen LogP contribution in [0.2, 0.25) is 0 Å². The van der Waals surface area contributed by atoms with Gasteiger partial charge in [0, 0.05) is 18.0 Å². The van der Waals surface area contributed by atoms with Gasteiger partial charge in [0.2, 0.25) is 5.95 Å². The second-order valence-corrected chi connectivity index (χ2v) is 4.89. The summed E-state index contributed by atoms with van der Waals surface area (Å²) >= 11 is 0. The number of hydrogen-bond donors (Lipinski definition) is 2. The lowest BCUT2D eigenvalue weighted by Crippen LogP contribution is -2.00. The summed E-state index contributed by atoms with van der Waals surface area (Å²) in [6, 6.07) is 11.8. The maximum atomic E-state index is 5.01. The van der Waals surface area contributed by atoms with E-state index in [4.69, 9.17) is 4.52 Å². The normalized spacial score (nSPS) is 10.5. The monoisotopic (exact) mass is 295 g/mol. The number of hydrogen-bond acceptors (Lipinski definition) is 6. The Bertz CT molecular complexity index is 751. The predicted octanol–water partition coefficient (Wildman–Crippen LogP) is 3.82. The molecule has 0 saturated heterocycles. The first-order chi connectivity index (χ1) is 10.7. The van der Waals surface area contributed by atoms with Gasteiger partial charge in [-0.25, -0.2) is 4.98 Å². The number of aromatic nitrogens is 3. The lowest BCUT2D eigenvalue weighted by atomic mass is 10.1. The van der Waals surface area contributed by atoms with Crippen LogP contribution in [-0.4, -0.2) is 15.1 Å². The lowest BCUT2D eigenvalue weighted by Gasteiger charge is -2.07. The van der Waals surface area contributed by atoms with Crippen molar-refractivity contribution in [1.82, 2.24) is 15.1 Å². The second-order valence-electron chi connectivity index (χ2n) is 4.89. The maximum Gasteiger partial charge on any atom is 0.229 e. The van der Waals surface area contributed by atoms with E-state index in [1.807, 2.05) is 19.1 Å². The standard InChI is InChI=1S/C16H17N5O/c1-3-12-4-6-13(7-5-12)18-16-17-9-8-14(20-16)19-15-10-11(2)22-21-15/h4-10H,3H2,1-2H3,(H2,17,18,19,20,21). The molecule has 3 aromatic rings. The summed E-state index contributed by atoms with van der Waals surface area (Å²) in [7, 11) is 0. The largest absolute Gasteiger partial charge is 0.360 e. The summed E-state index contributed by atoms with van der Waals surface area (Å²) in [5.74, 6) is 2.53. The number of nitrogens with one attached hydrogen (secondary N) is 2. The van der Waals surface area contributed by atoms with Gasteiger partial charge in [0.15, 0.2) is 5.82 Å². The number of rotatable bonds is 5. The smallest absolute Gasteiger partial charge is 0.229 e. The van der Waals surface area contributed by atoms with Gasteiger partial charge in [0.1, 0.15) is 11.6 Å². The zero-order valence-electron chi connectivity index (χ0n) is 12.5. The zero-order chi connectivity index (χ0) is 15.4. The maximum absolute atomic E-state index is 5.01. The molecule has 0 atom stereocenters. The first kappa shape index (κ1) is 14.1. The van der Waals surface area contributed by atoms with E-state index in [1.54, 1.807) is 18.3 Å². The summed E-state index contributed by atoms with van der Waals surface area (Å²) < 4.78 is 5.01. The Morgan fingerprint density at radius 1 is 1.05 bits per heavy atom. The summed E-state index contributed by atoms with van der Waals surface area (Å²) in [4.78, 5) is 8.62. The van der Waals surface area contributed by atoms with E-state index in [9.17, 15) is 0 Å². The van der Waals surface area contributed by atoms with Crippen LogP contribution in [0.15, 0.2) is 47.1 Å². The van der Waals surface area contributed by atoms with Crippen LogP contribution in [0.5, 0.6) is 0 Å². The van der Waals surface area contributed by atoms with E-state index >= 15 is 0 Å². The first-order valence-corrected chi connectivity index (χ1v) is 7.12. The predicted molar refractivity (Wildman–Crippen MR) is 85.7 cm³/mol. The molecule has 22 heavy (non-hydrogen) atoms. The van der Waals surface area contributed by atoms with Gasteiger partial charge in [0.25, 0.3) is 0 Å². The molecule has 0 bridgehead atoms. The van der Waals surface area contributed by atoms with Gasteiger partial charge in [-0.2, -0.15) is 4.98 Å². The molecular formula is C16H17N5O. The molecule has 6 heteroatoms. The van der Waals surface area contributed by atoms with Crippen molar-refractivity contribution in [2.75, 3.05) is 10.6 Å². The van der Waals surface area contributed by atoms with E-state index in [-0.39, 0.29) is 0 Å². The van der Waals surface area contributed by atoms with Crippen LogP contribution in [0.3, 0.4) is 0 Å². The van der Waals surface area contributed by atoms with Crippen LogP contribution in [-0.2, 0) is 6.42 Å². The van der Waals surface area contributed by atoms with E-state index in [0.29, 0.717) is 17.6 Å². The molecule has 0 saturated carbocycles. The van der Waals surface area contributed by atoms with Gasteiger partial charge in [-0.1, -0.05) is 24.2 Å². The van der Waals surface area contributed by atoms with Gasteiger partial charge in [-0.05, 0) is 37.1 Å². The third-order valence-corrected chi connectivity index (χ3v) is 3.16. The molecule has 112 valence electrons. The Morgan fingerprint density at radius 2 is 1.86 bits per heavy atom. The number of anilines is 4. The van der Waals surface area contributed by atoms with Crippen molar-refractivity contribution in [3.8, 4) is 0 Å². The topological polar surface area (TPSA) is 75.9 Å².